The molecule has 21 heavy (non-hydrogen) atoms. The summed E-state index contributed by atoms with van der Waals surface area (Å²) in [5.41, 5.74) is 1.12. The molecule has 1 aliphatic heterocycles. The Bertz CT molecular complexity index is 598. The van der Waals surface area contributed by atoms with Gasteiger partial charge in [-0.3, -0.25) is 9.59 Å². The Morgan fingerprint density at radius 1 is 1.43 bits per heavy atom. The minimum atomic E-state index is -0.513. The van der Waals surface area contributed by atoms with E-state index in [9.17, 15) is 14.0 Å². The van der Waals surface area contributed by atoms with Gasteiger partial charge in [0.25, 0.3) is 0 Å². The zero-order valence-electron chi connectivity index (χ0n) is 12.2. The lowest BCUT2D eigenvalue weighted by atomic mass is 9.89. The lowest BCUT2D eigenvalue weighted by molar-refractivity contribution is -0.135. The lowest BCUT2D eigenvalue weighted by Crippen LogP contribution is -2.41. The Morgan fingerprint density at radius 3 is 2.81 bits per heavy atom. The van der Waals surface area contributed by atoms with Crippen LogP contribution in [0.25, 0.3) is 0 Å². The summed E-state index contributed by atoms with van der Waals surface area (Å²) in [6.07, 6.45) is 2.44. The third kappa shape index (κ3) is 2.64. The standard InChI is InChI=1S/C16H19FN2O2/c1-9(10-3-4-10)19(2)16(21)13-8-15(20)18-14-7-11(17)5-6-12(13)14/h5-7,9-10,13H,3-4,8H2,1-2H3,(H,18,20)/t9-,13-/m0/s1. The second kappa shape index (κ2) is 5.13. The molecule has 1 heterocycles. The van der Waals surface area contributed by atoms with Gasteiger partial charge in [0.1, 0.15) is 5.82 Å². The van der Waals surface area contributed by atoms with E-state index in [4.69, 9.17) is 0 Å². The average molecular weight is 290 g/mol. The van der Waals surface area contributed by atoms with Gasteiger partial charge >= 0.3 is 0 Å². The monoisotopic (exact) mass is 290 g/mol. The molecule has 0 radical (unpaired) electrons. The van der Waals surface area contributed by atoms with E-state index in [1.807, 2.05) is 6.92 Å². The number of nitrogens with one attached hydrogen (secondary N) is 1. The summed E-state index contributed by atoms with van der Waals surface area (Å²) in [5, 5.41) is 2.64. The maximum atomic E-state index is 13.3. The molecule has 2 atom stereocenters. The number of rotatable bonds is 3. The van der Waals surface area contributed by atoms with Crippen molar-refractivity contribution in [2.75, 3.05) is 12.4 Å². The predicted molar refractivity (Wildman–Crippen MR) is 77.3 cm³/mol. The molecule has 0 unspecified atom stereocenters. The van der Waals surface area contributed by atoms with Crippen molar-refractivity contribution in [2.45, 2.75) is 38.1 Å². The molecule has 4 nitrogen and oxygen atoms in total. The first-order valence-electron chi connectivity index (χ1n) is 7.33. The summed E-state index contributed by atoms with van der Waals surface area (Å²) < 4.78 is 13.3. The molecule has 1 saturated carbocycles. The van der Waals surface area contributed by atoms with Gasteiger partial charge in [-0.1, -0.05) is 6.07 Å². The maximum Gasteiger partial charge on any atom is 0.230 e. The summed E-state index contributed by atoms with van der Waals surface area (Å²) in [6, 6.07) is 4.40. The molecule has 2 amide bonds. The average Bonchev–Trinajstić information content (AvgIpc) is 3.28. The van der Waals surface area contributed by atoms with Crippen LogP contribution in [0.2, 0.25) is 0 Å². The molecule has 0 aromatic heterocycles. The van der Waals surface area contributed by atoms with Gasteiger partial charge in [-0.05, 0) is 43.4 Å². The number of fused-ring (bicyclic) bond motifs is 1. The van der Waals surface area contributed by atoms with Crippen molar-refractivity contribution in [3.63, 3.8) is 0 Å². The molecule has 112 valence electrons. The number of carbonyl (C=O) groups is 2. The van der Waals surface area contributed by atoms with E-state index in [2.05, 4.69) is 5.32 Å². The first-order chi connectivity index (χ1) is 9.97. The molecule has 0 bridgehead atoms. The Hall–Kier alpha value is -1.91. The number of carbonyl (C=O) groups excluding carboxylic acids is 2. The van der Waals surface area contributed by atoms with Gasteiger partial charge in [0.15, 0.2) is 0 Å². The molecule has 1 aromatic rings. The Labute approximate surface area is 123 Å². The highest BCUT2D eigenvalue weighted by molar-refractivity contribution is 6.01. The van der Waals surface area contributed by atoms with Crippen LogP contribution in [-0.4, -0.2) is 29.8 Å². The van der Waals surface area contributed by atoms with Crippen molar-refractivity contribution in [2.24, 2.45) is 5.92 Å². The zero-order valence-corrected chi connectivity index (χ0v) is 12.2. The van der Waals surface area contributed by atoms with Gasteiger partial charge in [-0.15, -0.1) is 0 Å². The quantitative estimate of drug-likeness (QED) is 0.930. The first kappa shape index (κ1) is 14.0. The van der Waals surface area contributed by atoms with E-state index < -0.39 is 11.7 Å². The number of halogens is 1. The van der Waals surface area contributed by atoms with E-state index in [0.717, 1.165) is 12.8 Å². The van der Waals surface area contributed by atoms with Gasteiger partial charge in [0.05, 0.1) is 5.92 Å². The Morgan fingerprint density at radius 2 is 2.14 bits per heavy atom. The highest BCUT2D eigenvalue weighted by Crippen LogP contribution is 2.38. The summed E-state index contributed by atoms with van der Waals surface area (Å²) in [5.74, 6) is -0.650. The zero-order chi connectivity index (χ0) is 15.1. The van der Waals surface area contributed by atoms with Crippen molar-refractivity contribution in [1.82, 2.24) is 4.90 Å². The smallest absolute Gasteiger partial charge is 0.230 e. The van der Waals surface area contributed by atoms with E-state index in [-0.39, 0.29) is 24.3 Å². The molecular formula is C16H19FN2O2. The van der Waals surface area contributed by atoms with E-state index in [0.29, 0.717) is 17.2 Å². The summed E-state index contributed by atoms with van der Waals surface area (Å²) in [6.45, 7) is 2.05. The van der Waals surface area contributed by atoms with E-state index >= 15 is 0 Å². The SMILES string of the molecule is C[C@@H](C1CC1)N(C)C(=O)[C@H]1CC(=O)Nc2cc(F)ccc21. The molecule has 2 aliphatic rings. The van der Waals surface area contributed by atoms with Gasteiger partial charge in [0.2, 0.25) is 11.8 Å². The van der Waals surface area contributed by atoms with Gasteiger partial charge in [0, 0.05) is 25.2 Å². The molecule has 1 fully saturated rings. The van der Waals surface area contributed by atoms with Gasteiger partial charge in [-0.25, -0.2) is 4.39 Å². The van der Waals surface area contributed by atoms with Gasteiger partial charge < -0.3 is 10.2 Å². The Kier molecular flexibility index (Phi) is 3.43. The maximum absolute atomic E-state index is 13.3. The first-order valence-corrected chi connectivity index (χ1v) is 7.33. The second-order valence-electron chi connectivity index (χ2n) is 6.06. The van der Waals surface area contributed by atoms with Crippen molar-refractivity contribution < 1.29 is 14.0 Å². The molecule has 1 N–H and O–H groups in total. The fourth-order valence-electron chi connectivity index (χ4n) is 3.00. The van der Waals surface area contributed by atoms with Gasteiger partial charge in [-0.2, -0.15) is 0 Å². The summed E-state index contributed by atoms with van der Waals surface area (Å²) in [4.78, 5) is 26.2. The third-order valence-corrected chi connectivity index (χ3v) is 4.62. The van der Waals surface area contributed by atoms with Crippen LogP contribution in [0.3, 0.4) is 0 Å². The van der Waals surface area contributed by atoms with Crippen LogP contribution in [0, 0.1) is 11.7 Å². The van der Waals surface area contributed by atoms with Crippen molar-refractivity contribution >= 4 is 17.5 Å². The number of hydrogen-bond donors (Lipinski definition) is 1. The Balaban J connectivity index is 1.88. The minimum absolute atomic E-state index is 0.0582. The van der Waals surface area contributed by atoms with Crippen LogP contribution in [-0.2, 0) is 9.59 Å². The fraction of sp³-hybridized carbons (Fsp3) is 0.500. The number of nitrogens with zero attached hydrogens (tertiary/aromatic N) is 1. The number of likely N-dealkylation sites (N-methyl/N-ethyl adjacent to an activating group) is 1. The third-order valence-electron chi connectivity index (χ3n) is 4.62. The molecule has 1 aromatic carbocycles. The molecule has 1 aliphatic carbocycles. The van der Waals surface area contributed by atoms with E-state index in [1.54, 1.807) is 18.0 Å². The van der Waals surface area contributed by atoms with Crippen molar-refractivity contribution in [1.29, 1.82) is 0 Å². The predicted octanol–water partition coefficient (Wildman–Crippen LogP) is 2.51. The topological polar surface area (TPSA) is 49.4 Å². The minimum Gasteiger partial charge on any atom is -0.342 e. The second-order valence-corrected chi connectivity index (χ2v) is 6.06. The molecule has 0 spiro atoms. The molecule has 3 rings (SSSR count). The molecular weight excluding hydrogens is 271 g/mol. The lowest BCUT2D eigenvalue weighted by Gasteiger charge is -2.32. The van der Waals surface area contributed by atoms with Crippen LogP contribution in [0.15, 0.2) is 18.2 Å². The van der Waals surface area contributed by atoms with E-state index in [1.165, 1.54) is 12.1 Å². The highest BCUT2D eigenvalue weighted by Gasteiger charge is 2.37. The fourth-order valence-corrected chi connectivity index (χ4v) is 3.00. The normalized spacial score (nSPS) is 22.2. The number of anilines is 1. The van der Waals surface area contributed by atoms with Crippen LogP contribution in [0.1, 0.15) is 37.7 Å². The number of benzene rings is 1. The molecule has 0 saturated heterocycles. The van der Waals surface area contributed by atoms with Crippen molar-refractivity contribution in [3.05, 3.63) is 29.6 Å². The van der Waals surface area contributed by atoms with Crippen LogP contribution >= 0.6 is 0 Å². The van der Waals surface area contributed by atoms with Crippen LogP contribution in [0.4, 0.5) is 10.1 Å². The van der Waals surface area contributed by atoms with Crippen LogP contribution in [0.5, 0.6) is 0 Å². The van der Waals surface area contributed by atoms with Crippen LogP contribution < -0.4 is 5.32 Å². The number of hydrogen-bond acceptors (Lipinski definition) is 2. The molecule has 5 heteroatoms. The summed E-state index contributed by atoms with van der Waals surface area (Å²) >= 11 is 0. The number of amides is 2. The highest BCUT2D eigenvalue weighted by atomic mass is 19.1. The largest absolute Gasteiger partial charge is 0.342 e. The van der Waals surface area contributed by atoms with Crippen molar-refractivity contribution in [3.8, 4) is 0 Å². The summed E-state index contributed by atoms with van der Waals surface area (Å²) in [7, 11) is 1.79.